The van der Waals surface area contributed by atoms with Crippen molar-refractivity contribution in [3.05, 3.63) is 46.3 Å². The Bertz CT molecular complexity index is 693. The van der Waals surface area contributed by atoms with Crippen LogP contribution >= 0.6 is 12.4 Å². The van der Waals surface area contributed by atoms with Crippen molar-refractivity contribution < 1.29 is 9.21 Å². The van der Waals surface area contributed by atoms with Crippen LogP contribution in [0.25, 0.3) is 11.0 Å². The predicted molar refractivity (Wildman–Crippen MR) is 83.1 cm³/mol. The van der Waals surface area contributed by atoms with E-state index in [1.807, 2.05) is 12.1 Å². The number of carbonyl (C=O) groups excluding carboxylic acids is 1. The second-order valence-corrected chi connectivity index (χ2v) is 4.99. The van der Waals surface area contributed by atoms with Crippen LogP contribution in [0.2, 0.25) is 0 Å². The fourth-order valence-corrected chi connectivity index (χ4v) is 2.46. The average molecular weight is 309 g/mol. The molecule has 5 nitrogen and oxygen atoms in total. The Balaban J connectivity index is 0.00000161. The highest BCUT2D eigenvalue weighted by molar-refractivity contribution is 5.96. The van der Waals surface area contributed by atoms with Crippen LogP contribution in [0.1, 0.15) is 23.2 Å². The van der Waals surface area contributed by atoms with E-state index in [1.54, 1.807) is 18.2 Å². The highest BCUT2D eigenvalue weighted by atomic mass is 35.5. The maximum atomic E-state index is 12.1. The zero-order valence-corrected chi connectivity index (χ0v) is 12.2. The average Bonchev–Trinajstić information content (AvgIpc) is 2.97. The molecule has 3 rings (SSSR count). The van der Waals surface area contributed by atoms with Crippen molar-refractivity contribution in [2.75, 3.05) is 13.1 Å². The van der Waals surface area contributed by atoms with Gasteiger partial charge in [-0.15, -0.1) is 12.4 Å². The lowest BCUT2D eigenvalue weighted by Crippen LogP contribution is -2.38. The monoisotopic (exact) mass is 308 g/mol. The molecule has 1 atom stereocenters. The summed E-state index contributed by atoms with van der Waals surface area (Å²) in [6, 6.07) is 9.03. The minimum atomic E-state index is -0.597. The number of halogens is 1. The van der Waals surface area contributed by atoms with Gasteiger partial charge in [0.15, 0.2) is 0 Å². The SMILES string of the molecule is Cl.O=C(NCC1CCCN1)c1cc2ccccc2oc1=O. The zero-order chi connectivity index (χ0) is 13.9. The Labute approximate surface area is 128 Å². The number of amides is 1. The molecule has 6 heteroatoms. The first-order valence-electron chi connectivity index (χ1n) is 6.78. The molecule has 2 N–H and O–H groups in total. The second kappa shape index (κ2) is 6.74. The number of para-hydroxylation sites is 1. The summed E-state index contributed by atoms with van der Waals surface area (Å²) >= 11 is 0. The molecule has 0 bridgehead atoms. The van der Waals surface area contributed by atoms with Crippen molar-refractivity contribution in [3.8, 4) is 0 Å². The van der Waals surface area contributed by atoms with Gasteiger partial charge in [-0.1, -0.05) is 18.2 Å². The van der Waals surface area contributed by atoms with Crippen molar-refractivity contribution in [1.29, 1.82) is 0 Å². The highest BCUT2D eigenvalue weighted by Gasteiger charge is 2.17. The first kappa shape index (κ1) is 15.5. The Morgan fingerprint density at radius 3 is 2.95 bits per heavy atom. The summed E-state index contributed by atoms with van der Waals surface area (Å²) in [6.07, 6.45) is 2.17. The first-order valence-corrected chi connectivity index (χ1v) is 6.78. The summed E-state index contributed by atoms with van der Waals surface area (Å²) in [7, 11) is 0. The summed E-state index contributed by atoms with van der Waals surface area (Å²) in [5.74, 6) is -0.377. The quantitative estimate of drug-likeness (QED) is 0.847. The van der Waals surface area contributed by atoms with E-state index in [0.29, 0.717) is 18.2 Å². The van der Waals surface area contributed by atoms with Crippen molar-refractivity contribution in [3.63, 3.8) is 0 Å². The number of hydrogen-bond donors (Lipinski definition) is 2. The van der Waals surface area contributed by atoms with E-state index >= 15 is 0 Å². The molecule has 112 valence electrons. The third-order valence-corrected chi connectivity index (χ3v) is 3.56. The van der Waals surface area contributed by atoms with Gasteiger partial charge in [-0.25, -0.2) is 4.79 Å². The van der Waals surface area contributed by atoms with Gasteiger partial charge in [0.2, 0.25) is 0 Å². The standard InChI is InChI=1S/C15H16N2O3.ClH/c18-14(17-9-11-5-3-7-16-11)12-8-10-4-1-2-6-13(10)20-15(12)19;/h1-2,4,6,8,11,16H,3,5,7,9H2,(H,17,18);1H. The molecular weight excluding hydrogens is 292 g/mol. The number of benzene rings is 1. The molecule has 2 aromatic rings. The largest absolute Gasteiger partial charge is 0.422 e. The molecule has 2 heterocycles. The molecular formula is C15H17ClN2O3. The maximum Gasteiger partial charge on any atom is 0.349 e. The summed E-state index contributed by atoms with van der Waals surface area (Å²) in [5, 5.41) is 6.82. The molecule has 0 radical (unpaired) electrons. The molecule has 0 aliphatic carbocycles. The second-order valence-electron chi connectivity index (χ2n) is 4.99. The lowest BCUT2D eigenvalue weighted by Gasteiger charge is -2.11. The van der Waals surface area contributed by atoms with Crippen molar-refractivity contribution in [1.82, 2.24) is 10.6 Å². The van der Waals surface area contributed by atoms with E-state index in [2.05, 4.69) is 10.6 Å². The van der Waals surface area contributed by atoms with E-state index in [1.165, 1.54) is 0 Å². The lowest BCUT2D eigenvalue weighted by molar-refractivity contribution is 0.0947. The van der Waals surface area contributed by atoms with Crippen LogP contribution in [0.3, 0.4) is 0 Å². The van der Waals surface area contributed by atoms with Gasteiger partial charge in [0, 0.05) is 18.0 Å². The molecule has 1 aromatic heterocycles. The third-order valence-electron chi connectivity index (χ3n) is 3.56. The van der Waals surface area contributed by atoms with Crippen LogP contribution in [0, 0.1) is 0 Å². The van der Waals surface area contributed by atoms with Gasteiger partial charge in [-0.3, -0.25) is 4.79 Å². The Hall–Kier alpha value is -1.85. The Kier molecular flexibility index (Phi) is 4.98. The summed E-state index contributed by atoms with van der Waals surface area (Å²) in [6.45, 7) is 1.52. The van der Waals surface area contributed by atoms with Crippen LogP contribution in [-0.2, 0) is 0 Å². The Morgan fingerprint density at radius 1 is 1.38 bits per heavy atom. The molecule has 1 aliphatic heterocycles. The number of nitrogens with one attached hydrogen (secondary N) is 2. The number of fused-ring (bicyclic) bond motifs is 1. The van der Waals surface area contributed by atoms with Gasteiger partial charge < -0.3 is 15.1 Å². The summed E-state index contributed by atoms with van der Waals surface area (Å²) in [5.41, 5.74) is -0.0474. The van der Waals surface area contributed by atoms with Gasteiger partial charge in [0.25, 0.3) is 5.91 Å². The molecule has 21 heavy (non-hydrogen) atoms. The molecule has 0 saturated carbocycles. The van der Waals surface area contributed by atoms with E-state index in [9.17, 15) is 9.59 Å². The van der Waals surface area contributed by atoms with Crippen LogP contribution in [0.15, 0.2) is 39.5 Å². The normalized spacial score (nSPS) is 17.4. The van der Waals surface area contributed by atoms with Gasteiger partial charge in [-0.2, -0.15) is 0 Å². The minimum absolute atomic E-state index is 0. The molecule has 1 amide bonds. The third kappa shape index (κ3) is 3.43. The minimum Gasteiger partial charge on any atom is -0.422 e. The lowest BCUT2D eigenvalue weighted by atomic mass is 10.1. The molecule has 1 aromatic carbocycles. The Morgan fingerprint density at radius 2 is 2.19 bits per heavy atom. The summed E-state index contributed by atoms with van der Waals surface area (Å²) in [4.78, 5) is 23.9. The molecule has 0 spiro atoms. The van der Waals surface area contributed by atoms with E-state index in [-0.39, 0.29) is 23.9 Å². The highest BCUT2D eigenvalue weighted by Crippen LogP contribution is 2.12. The van der Waals surface area contributed by atoms with Gasteiger partial charge in [0.05, 0.1) is 0 Å². The first-order chi connectivity index (χ1) is 9.74. The van der Waals surface area contributed by atoms with Crippen molar-refractivity contribution >= 4 is 29.3 Å². The number of rotatable bonds is 3. The van der Waals surface area contributed by atoms with Gasteiger partial charge >= 0.3 is 5.63 Å². The van der Waals surface area contributed by atoms with E-state index < -0.39 is 5.63 Å². The van der Waals surface area contributed by atoms with Crippen molar-refractivity contribution in [2.45, 2.75) is 18.9 Å². The number of hydrogen-bond acceptors (Lipinski definition) is 4. The van der Waals surface area contributed by atoms with Crippen LogP contribution in [-0.4, -0.2) is 25.0 Å². The van der Waals surface area contributed by atoms with Gasteiger partial charge in [0.1, 0.15) is 11.1 Å². The molecule has 1 unspecified atom stereocenters. The van der Waals surface area contributed by atoms with Gasteiger partial charge in [-0.05, 0) is 31.5 Å². The fourth-order valence-electron chi connectivity index (χ4n) is 2.46. The summed E-state index contributed by atoms with van der Waals surface area (Å²) < 4.78 is 5.15. The van der Waals surface area contributed by atoms with E-state index in [0.717, 1.165) is 24.8 Å². The topological polar surface area (TPSA) is 71.3 Å². The van der Waals surface area contributed by atoms with Crippen LogP contribution in [0.4, 0.5) is 0 Å². The maximum absolute atomic E-state index is 12.1. The van der Waals surface area contributed by atoms with Crippen LogP contribution < -0.4 is 16.3 Å². The smallest absolute Gasteiger partial charge is 0.349 e. The fraction of sp³-hybridized carbons (Fsp3) is 0.333. The number of carbonyl (C=O) groups is 1. The molecule has 1 saturated heterocycles. The molecule has 1 fully saturated rings. The van der Waals surface area contributed by atoms with Crippen LogP contribution in [0.5, 0.6) is 0 Å². The molecule has 1 aliphatic rings. The zero-order valence-electron chi connectivity index (χ0n) is 11.4. The van der Waals surface area contributed by atoms with E-state index in [4.69, 9.17) is 4.42 Å². The van der Waals surface area contributed by atoms with Crippen molar-refractivity contribution in [2.24, 2.45) is 0 Å². The predicted octanol–water partition coefficient (Wildman–Crippen LogP) is 1.70.